The maximum absolute atomic E-state index is 13.4. The molecule has 1 aromatic carbocycles. The van der Waals surface area contributed by atoms with Gasteiger partial charge in [0.2, 0.25) is 5.91 Å². The number of carbonyl (C=O) groups excluding carboxylic acids is 2. The van der Waals surface area contributed by atoms with E-state index in [4.69, 9.17) is 4.74 Å². The highest BCUT2D eigenvalue weighted by atomic mass is 79.9. The summed E-state index contributed by atoms with van der Waals surface area (Å²) in [5.41, 5.74) is 1.95. The average molecular weight is 477 g/mol. The number of halogens is 1. The number of nitrogens with zero attached hydrogens (tertiary/aromatic N) is 2. The van der Waals surface area contributed by atoms with Crippen LogP contribution in [0.15, 0.2) is 34.9 Å². The second kappa shape index (κ2) is 9.64. The molecule has 162 valence electrons. The summed E-state index contributed by atoms with van der Waals surface area (Å²) in [5.74, 6) is 1.01. The predicted octanol–water partition coefficient (Wildman–Crippen LogP) is 4.52. The summed E-state index contributed by atoms with van der Waals surface area (Å²) in [6, 6.07) is 7.22. The first-order valence-electron chi connectivity index (χ1n) is 10.3. The predicted molar refractivity (Wildman–Crippen MR) is 119 cm³/mol. The molecule has 1 aliphatic rings. The van der Waals surface area contributed by atoms with Crippen molar-refractivity contribution >= 4 is 27.9 Å². The Morgan fingerprint density at radius 2 is 2.03 bits per heavy atom. The number of benzene rings is 1. The Kier molecular flexibility index (Phi) is 7.18. The van der Waals surface area contributed by atoms with Crippen LogP contribution < -0.4 is 5.32 Å². The van der Waals surface area contributed by atoms with E-state index in [9.17, 15) is 9.59 Å². The summed E-state index contributed by atoms with van der Waals surface area (Å²) in [4.78, 5) is 35.1. The molecule has 2 N–H and O–H groups in total. The maximum atomic E-state index is 13.4. The van der Waals surface area contributed by atoms with Gasteiger partial charge >= 0.3 is 6.09 Å². The van der Waals surface area contributed by atoms with Crippen LogP contribution in [0, 0.1) is 11.8 Å². The van der Waals surface area contributed by atoms with E-state index >= 15 is 0 Å². The average Bonchev–Trinajstić information content (AvgIpc) is 3.38. The van der Waals surface area contributed by atoms with Gasteiger partial charge in [0.1, 0.15) is 11.9 Å². The van der Waals surface area contributed by atoms with Crippen molar-refractivity contribution in [2.24, 2.45) is 11.8 Å². The molecule has 1 unspecified atom stereocenters. The van der Waals surface area contributed by atoms with E-state index in [1.54, 1.807) is 0 Å². The van der Waals surface area contributed by atoms with E-state index in [1.165, 1.54) is 7.11 Å². The fourth-order valence-corrected chi connectivity index (χ4v) is 4.15. The van der Waals surface area contributed by atoms with Crippen molar-refractivity contribution in [1.29, 1.82) is 0 Å². The first-order chi connectivity index (χ1) is 14.3. The number of H-pyrrole nitrogens is 1. The number of hydrogen-bond donors (Lipinski definition) is 2. The van der Waals surface area contributed by atoms with Crippen molar-refractivity contribution in [3.63, 3.8) is 0 Å². The van der Waals surface area contributed by atoms with Crippen LogP contribution >= 0.6 is 15.9 Å². The minimum Gasteiger partial charge on any atom is -0.453 e. The number of likely N-dealkylation sites (tertiary alicyclic amines) is 1. The van der Waals surface area contributed by atoms with E-state index in [-0.39, 0.29) is 17.9 Å². The van der Waals surface area contributed by atoms with Crippen molar-refractivity contribution < 1.29 is 14.3 Å². The van der Waals surface area contributed by atoms with Crippen LogP contribution in [0.5, 0.6) is 0 Å². The smallest absolute Gasteiger partial charge is 0.407 e. The van der Waals surface area contributed by atoms with Crippen molar-refractivity contribution in [2.75, 3.05) is 13.7 Å². The lowest BCUT2D eigenvalue weighted by molar-refractivity contribution is -0.135. The molecule has 8 heteroatoms. The quantitative estimate of drug-likeness (QED) is 0.641. The number of imidazole rings is 1. The number of aromatic amines is 1. The summed E-state index contributed by atoms with van der Waals surface area (Å²) in [5, 5.41) is 2.70. The lowest BCUT2D eigenvalue weighted by Crippen LogP contribution is -2.51. The van der Waals surface area contributed by atoms with E-state index in [0.29, 0.717) is 12.5 Å². The lowest BCUT2D eigenvalue weighted by atomic mass is 10.0. The summed E-state index contributed by atoms with van der Waals surface area (Å²) < 4.78 is 5.73. The first kappa shape index (κ1) is 22.3. The van der Waals surface area contributed by atoms with E-state index in [0.717, 1.165) is 34.4 Å². The van der Waals surface area contributed by atoms with Crippen LogP contribution in [0.3, 0.4) is 0 Å². The summed E-state index contributed by atoms with van der Waals surface area (Å²) in [6.07, 6.45) is 3.05. The van der Waals surface area contributed by atoms with Crippen LogP contribution in [0.2, 0.25) is 0 Å². The van der Waals surface area contributed by atoms with Gasteiger partial charge in [0.15, 0.2) is 0 Å². The maximum Gasteiger partial charge on any atom is 0.407 e. The first-order valence-corrected chi connectivity index (χ1v) is 11.1. The van der Waals surface area contributed by atoms with Gasteiger partial charge in [-0.2, -0.15) is 0 Å². The largest absolute Gasteiger partial charge is 0.453 e. The highest BCUT2D eigenvalue weighted by Gasteiger charge is 2.40. The molecule has 1 fully saturated rings. The van der Waals surface area contributed by atoms with Crippen LogP contribution in [0.25, 0.3) is 11.3 Å². The molecule has 0 spiro atoms. The Hall–Kier alpha value is -2.35. The molecule has 0 bridgehead atoms. The van der Waals surface area contributed by atoms with Gasteiger partial charge in [-0.05, 0) is 36.0 Å². The number of rotatable bonds is 6. The van der Waals surface area contributed by atoms with E-state index in [2.05, 4.69) is 38.1 Å². The van der Waals surface area contributed by atoms with Crippen molar-refractivity contribution in [3.8, 4) is 11.3 Å². The van der Waals surface area contributed by atoms with Gasteiger partial charge < -0.3 is 19.9 Å². The Morgan fingerprint density at radius 1 is 1.33 bits per heavy atom. The molecule has 2 aromatic rings. The highest BCUT2D eigenvalue weighted by molar-refractivity contribution is 9.10. The normalized spacial score (nSPS) is 19.7. The number of nitrogens with one attached hydrogen (secondary N) is 2. The zero-order valence-corrected chi connectivity index (χ0v) is 19.4. The zero-order valence-electron chi connectivity index (χ0n) is 17.8. The van der Waals surface area contributed by atoms with E-state index < -0.39 is 12.1 Å². The molecule has 0 aliphatic carbocycles. The topological polar surface area (TPSA) is 87.3 Å². The number of carbonyl (C=O) groups is 2. The van der Waals surface area contributed by atoms with Gasteiger partial charge in [0.25, 0.3) is 0 Å². The minimum atomic E-state index is -0.642. The minimum absolute atomic E-state index is 0.0622. The second-order valence-electron chi connectivity index (χ2n) is 8.06. The zero-order chi connectivity index (χ0) is 21.8. The number of ether oxygens (including phenoxy) is 1. The van der Waals surface area contributed by atoms with Crippen molar-refractivity contribution in [3.05, 3.63) is 40.8 Å². The lowest BCUT2D eigenvalue weighted by Gasteiger charge is -2.30. The third-order valence-electron chi connectivity index (χ3n) is 5.71. The molecule has 2 heterocycles. The van der Waals surface area contributed by atoms with Gasteiger partial charge in [-0.1, -0.05) is 55.3 Å². The Bertz CT molecular complexity index is 881. The number of methoxy groups -OCH3 is 1. The summed E-state index contributed by atoms with van der Waals surface area (Å²) >= 11 is 3.45. The molecule has 1 aromatic heterocycles. The molecule has 7 nitrogen and oxygen atoms in total. The second-order valence-corrected chi connectivity index (χ2v) is 8.98. The SMILES string of the molecule is CCC1C[C@@H](c2ncc(-c3ccc(Br)cc3)[nH]2)N(C(=O)[C@@H](NC(=O)OC)C(C)C)C1. The Balaban J connectivity index is 1.86. The fraction of sp³-hybridized carbons (Fsp3) is 0.500. The molecule has 3 atom stereocenters. The summed E-state index contributed by atoms with van der Waals surface area (Å²) in [7, 11) is 1.30. The van der Waals surface area contributed by atoms with Crippen LogP contribution in [0.1, 0.15) is 45.5 Å². The molecule has 2 amide bonds. The molecule has 3 rings (SSSR count). The van der Waals surface area contributed by atoms with Gasteiger partial charge in [-0.15, -0.1) is 0 Å². The summed E-state index contributed by atoms with van der Waals surface area (Å²) in [6.45, 7) is 6.62. The molecule has 0 radical (unpaired) electrons. The molecular weight excluding hydrogens is 448 g/mol. The van der Waals surface area contributed by atoms with Gasteiger partial charge in [0, 0.05) is 11.0 Å². The Morgan fingerprint density at radius 3 is 2.63 bits per heavy atom. The van der Waals surface area contributed by atoms with Crippen LogP contribution in [-0.4, -0.2) is 46.6 Å². The third-order valence-corrected chi connectivity index (χ3v) is 6.23. The molecule has 1 saturated heterocycles. The monoisotopic (exact) mass is 476 g/mol. The molecule has 30 heavy (non-hydrogen) atoms. The van der Waals surface area contributed by atoms with Gasteiger partial charge in [-0.25, -0.2) is 9.78 Å². The fourth-order valence-electron chi connectivity index (χ4n) is 3.88. The number of alkyl carbamates (subject to hydrolysis) is 1. The number of hydrogen-bond acceptors (Lipinski definition) is 4. The van der Waals surface area contributed by atoms with Crippen molar-refractivity contribution in [2.45, 2.75) is 45.7 Å². The molecule has 1 aliphatic heterocycles. The van der Waals surface area contributed by atoms with Crippen molar-refractivity contribution in [1.82, 2.24) is 20.2 Å². The Labute approximate surface area is 185 Å². The van der Waals surface area contributed by atoms with Crippen LogP contribution in [0.4, 0.5) is 4.79 Å². The number of aromatic nitrogens is 2. The molecular formula is C22H29BrN4O3. The van der Waals surface area contributed by atoms with Gasteiger partial charge in [0.05, 0.1) is 25.0 Å². The van der Waals surface area contributed by atoms with Crippen LogP contribution in [-0.2, 0) is 9.53 Å². The van der Waals surface area contributed by atoms with E-state index in [1.807, 2.05) is 49.2 Å². The third kappa shape index (κ3) is 4.86. The highest BCUT2D eigenvalue weighted by Crippen LogP contribution is 2.37. The molecule has 0 saturated carbocycles. The number of amides is 2. The standard InChI is InChI=1S/C22H29BrN4O3/c1-5-14-10-18(20-24-11-17(25-20)15-6-8-16(23)9-7-15)27(12-14)21(28)19(13(2)3)26-22(29)30-4/h6-9,11,13-14,18-19H,5,10,12H2,1-4H3,(H,24,25)(H,26,29)/t14?,18-,19-/m0/s1. The van der Waals surface area contributed by atoms with Gasteiger partial charge in [-0.3, -0.25) is 4.79 Å².